The summed E-state index contributed by atoms with van der Waals surface area (Å²) < 4.78 is 5.65. The van der Waals surface area contributed by atoms with E-state index >= 15 is 0 Å². The number of fused-ring (bicyclic) bond motifs is 1. The number of halogens is 1. The highest BCUT2D eigenvalue weighted by Gasteiger charge is 2.31. The average Bonchev–Trinajstić information content (AvgIpc) is 3.06. The van der Waals surface area contributed by atoms with Crippen LogP contribution >= 0.6 is 22.9 Å². The fourth-order valence-corrected chi connectivity index (χ4v) is 3.44. The van der Waals surface area contributed by atoms with Crippen molar-refractivity contribution in [3.8, 4) is 5.75 Å². The van der Waals surface area contributed by atoms with E-state index in [1.165, 1.54) is 24.2 Å². The Morgan fingerprint density at radius 3 is 3.05 bits per heavy atom. The Hall–Kier alpha value is -1.66. The molecular formula is C14H12ClN3O2S. The second-order valence-electron chi connectivity index (χ2n) is 5.27. The zero-order valence-corrected chi connectivity index (χ0v) is 12.6. The summed E-state index contributed by atoms with van der Waals surface area (Å²) in [6.45, 7) is 0. The molecule has 5 nitrogen and oxygen atoms in total. The molecule has 1 saturated carbocycles. The number of hydrogen-bond acceptors (Lipinski definition) is 5. The lowest BCUT2D eigenvalue weighted by Crippen LogP contribution is -2.31. The Morgan fingerprint density at radius 2 is 2.24 bits per heavy atom. The van der Waals surface area contributed by atoms with Crippen LogP contribution in [0.5, 0.6) is 5.75 Å². The van der Waals surface area contributed by atoms with E-state index in [0.717, 1.165) is 16.3 Å². The maximum absolute atomic E-state index is 12.2. The summed E-state index contributed by atoms with van der Waals surface area (Å²) in [7, 11) is 0. The topological polar surface area (TPSA) is 64.1 Å². The molecule has 1 aromatic heterocycles. The molecular weight excluding hydrogens is 310 g/mol. The molecule has 2 heterocycles. The first-order valence-corrected chi connectivity index (χ1v) is 7.98. The SMILES string of the molecule is O=C(Nc1nnc(C2CC2)s1)[C@@H]1Cc2cc(Cl)ccc2O1. The highest BCUT2D eigenvalue weighted by molar-refractivity contribution is 7.15. The molecule has 1 amide bonds. The van der Waals surface area contributed by atoms with Gasteiger partial charge in [-0.2, -0.15) is 0 Å². The van der Waals surface area contributed by atoms with Crippen molar-refractivity contribution in [2.45, 2.75) is 31.3 Å². The Balaban J connectivity index is 1.43. The molecule has 1 aliphatic carbocycles. The third-order valence-corrected chi connectivity index (χ3v) is 4.82. The number of amides is 1. The molecule has 7 heteroatoms. The van der Waals surface area contributed by atoms with Crippen LogP contribution in [0.1, 0.15) is 29.3 Å². The lowest BCUT2D eigenvalue weighted by Gasteiger charge is -2.08. The smallest absolute Gasteiger partial charge is 0.267 e. The van der Waals surface area contributed by atoms with Crippen molar-refractivity contribution < 1.29 is 9.53 Å². The largest absolute Gasteiger partial charge is 0.480 e. The van der Waals surface area contributed by atoms with Crippen LogP contribution < -0.4 is 10.1 Å². The molecule has 0 spiro atoms. The van der Waals surface area contributed by atoms with E-state index < -0.39 is 6.10 Å². The zero-order valence-electron chi connectivity index (χ0n) is 11.0. The van der Waals surface area contributed by atoms with Gasteiger partial charge in [-0.15, -0.1) is 10.2 Å². The molecule has 1 fully saturated rings. The van der Waals surface area contributed by atoms with Gasteiger partial charge < -0.3 is 4.74 Å². The predicted octanol–water partition coefficient (Wildman–Crippen LogP) is 3.01. The number of nitrogens with one attached hydrogen (secondary N) is 1. The summed E-state index contributed by atoms with van der Waals surface area (Å²) in [4.78, 5) is 12.2. The van der Waals surface area contributed by atoms with Crippen molar-refractivity contribution in [2.24, 2.45) is 0 Å². The van der Waals surface area contributed by atoms with Gasteiger partial charge in [0.05, 0.1) is 0 Å². The minimum absolute atomic E-state index is 0.194. The average molecular weight is 322 g/mol. The molecule has 108 valence electrons. The van der Waals surface area contributed by atoms with Crippen LogP contribution in [0.15, 0.2) is 18.2 Å². The normalized spacial score (nSPS) is 20.0. The van der Waals surface area contributed by atoms with Crippen LogP contribution in [0.2, 0.25) is 5.02 Å². The number of hydrogen-bond donors (Lipinski definition) is 1. The van der Waals surface area contributed by atoms with Gasteiger partial charge in [-0.3, -0.25) is 10.1 Å². The van der Waals surface area contributed by atoms with E-state index in [1.807, 2.05) is 6.07 Å². The van der Waals surface area contributed by atoms with Crippen LogP contribution in [0.3, 0.4) is 0 Å². The molecule has 2 aliphatic rings. The Labute approximate surface area is 130 Å². The molecule has 2 aromatic rings. The van der Waals surface area contributed by atoms with Gasteiger partial charge in [-0.1, -0.05) is 22.9 Å². The number of anilines is 1. The predicted molar refractivity (Wildman–Crippen MR) is 80.1 cm³/mol. The Kier molecular flexibility index (Phi) is 3.08. The highest BCUT2D eigenvalue weighted by atomic mass is 35.5. The quantitative estimate of drug-likeness (QED) is 0.943. The van der Waals surface area contributed by atoms with Crippen molar-refractivity contribution >= 4 is 34.0 Å². The van der Waals surface area contributed by atoms with Crippen molar-refractivity contribution in [1.82, 2.24) is 10.2 Å². The standard InChI is InChI=1S/C14H12ClN3O2S/c15-9-3-4-10-8(5-9)6-11(20-10)12(19)16-14-18-17-13(21-14)7-1-2-7/h3-5,7,11H,1-2,6H2,(H,16,18,19)/t11-/m0/s1. The van der Waals surface area contributed by atoms with Crippen molar-refractivity contribution in [3.05, 3.63) is 33.8 Å². The summed E-state index contributed by atoms with van der Waals surface area (Å²) in [5.74, 6) is 1.07. The molecule has 1 aliphatic heterocycles. The number of aromatic nitrogens is 2. The fourth-order valence-electron chi connectivity index (χ4n) is 2.33. The van der Waals surface area contributed by atoms with Gasteiger partial charge in [0.2, 0.25) is 5.13 Å². The number of ether oxygens (including phenoxy) is 1. The van der Waals surface area contributed by atoms with E-state index in [-0.39, 0.29) is 5.91 Å². The first-order valence-electron chi connectivity index (χ1n) is 6.78. The number of carbonyl (C=O) groups is 1. The zero-order chi connectivity index (χ0) is 14.4. The van der Waals surface area contributed by atoms with Gasteiger partial charge in [0.25, 0.3) is 5.91 Å². The van der Waals surface area contributed by atoms with Crippen LogP contribution in [-0.4, -0.2) is 22.2 Å². The minimum Gasteiger partial charge on any atom is -0.480 e. The van der Waals surface area contributed by atoms with Gasteiger partial charge in [-0.05, 0) is 36.6 Å². The van der Waals surface area contributed by atoms with Crippen molar-refractivity contribution in [3.63, 3.8) is 0 Å². The minimum atomic E-state index is -0.535. The fraction of sp³-hybridized carbons (Fsp3) is 0.357. The van der Waals surface area contributed by atoms with Gasteiger partial charge in [-0.25, -0.2) is 0 Å². The van der Waals surface area contributed by atoms with Gasteiger partial charge in [0.1, 0.15) is 10.8 Å². The molecule has 0 unspecified atom stereocenters. The number of benzene rings is 1. The van der Waals surface area contributed by atoms with E-state index in [4.69, 9.17) is 16.3 Å². The first-order chi connectivity index (χ1) is 10.2. The third-order valence-electron chi connectivity index (χ3n) is 3.59. The summed E-state index contributed by atoms with van der Waals surface area (Å²) in [6.07, 6.45) is 2.33. The Bertz CT molecular complexity index is 714. The lowest BCUT2D eigenvalue weighted by molar-refractivity contribution is -0.122. The van der Waals surface area contributed by atoms with E-state index in [0.29, 0.717) is 22.5 Å². The van der Waals surface area contributed by atoms with E-state index in [1.54, 1.807) is 12.1 Å². The maximum Gasteiger partial charge on any atom is 0.267 e. The van der Waals surface area contributed by atoms with Gasteiger partial charge >= 0.3 is 0 Å². The second kappa shape index (κ2) is 4.96. The summed E-state index contributed by atoms with van der Waals surface area (Å²) >= 11 is 7.39. The van der Waals surface area contributed by atoms with Crippen LogP contribution in [0.4, 0.5) is 5.13 Å². The van der Waals surface area contributed by atoms with Crippen molar-refractivity contribution in [1.29, 1.82) is 0 Å². The molecule has 1 N–H and O–H groups in total. The number of rotatable bonds is 3. The molecule has 0 bridgehead atoms. The molecule has 0 radical (unpaired) electrons. The summed E-state index contributed by atoms with van der Waals surface area (Å²) in [6, 6.07) is 5.38. The van der Waals surface area contributed by atoms with Crippen LogP contribution in [-0.2, 0) is 11.2 Å². The Morgan fingerprint density at radius 1 is 1.38 bits per heavy atom. The van der Waals surface area contributed by atoms with E-state index in [2.05, 4.69) is 15.5 Å². The molecule has 1 atom stereocenters. The molecule has 4 rings (SSSR count). The second-order valence-corrected chi connectivity index (χ2v) is 6.72. The highest BCUT2D eigenvalue weighted by Crippen LogP contribution is 2.42. The maximum atomic E-state index is 12.2. The molecule has 0 saturated heterocycles. The van der Waals surface area contributed by atoms with Gasteiger partial charge in [0.15, 0.2) is 6.10 Å². The first kappa shape index (κ1) is 13.0. The number of carbonyl (C=O) groups excluding carboxylic acids is 1. The number of nitrogens with zero attached hydrogens (tertiary/aromatic N) is 2. The third kappa shape index (κ3) is 2.61. The van der Waals surface area contributed by atoms with Crippen LogP contribution in [0.25, 0.3) is 0 Å². The van der Waals surface area contributed by atoms with Gasteiger partial charge in [0, 0.05) is 17.4 Å². The molecule has 1 aromatic carbocycles. The lowest BCUT2D eigenvalue weighted by atomic mass is 10.1. The van der Waals surface area contributed by atoms with E-state index in [9.17, 15) is 4.79 Å². The van der Waals surface area contributed by atoms with Crippen LogP contribution in [0, 0.1) is 0 Å². The monoisotopic (exact) mass is 321 g/mol. The summed E-state index contributed by atoms with van der Waals surface area (Å²) in [5.41, 5.74) is 0.957. The van der Waals surface area contributed by atoms with Crippen molar-refractivity contribution in [2.75, 3.05) is 5.32 Å². The summed E-state index contributed by atoms with van der Waals surface area (Å²) in [5, 5.41) is 13.1. The molecule has 21 heavy (non-hydrogen) atoms.